The lowest BCUT2D eigenvalue weighted by Crippen LogP contribution is -2.44. The number of hydrazine groups is 1. The summed E-state index contributed by atoms with van der Waals surface area (Å²) < 4.78 is 0. The van der Waals surface area contributed by atoms with Crippen molar-refractivity contribution in [2.24, 2.45) is 10.1 Å². The summed E-state index contributed by atoms with van der Waals surface area (Å²) in [6.07, 6.45) is 4.04. The first-order valence-electron chi connectivity index (χ1n) is 11.8. The van der Waals surface area contributed by atoms with E-state index in [0.29, 0.717) is 5.96 Å². The van der Waals surface area contributed by atoms with E-state index in [1.165, 1.54) is 10.5 Å². The highest BCUT2D eigenvalue weighted by Crippen LogP contribution is 2.36. The molecule has 0 radical (unpaired) electrons. The summed E-state index contributed by atoms with van der Waals surface area (Å²) in [4.78, 5) is 6.13. The normalized spacial score (nSPS) is 15.9. The number of hydrogen-bond donors (Lipinski definition) is 3. The van der Waals surface area contributed by atoms with Crippen molar-refractivity contribution in [2.75, 3.05) is 0 Å². The highest BCUT2D eigenvalue weighted by Gasteiger charge is 2.23. The molecule has 1 aliphatic rings. The van der Waals surface area contributed by atoms with Gasteiger partial charge in [-0.15, -0.1) is 11.8 Å². The van der Waals surface area contributed by atoms with Crippen LogP contribution in [0.2, 0.25) is 0 Å². The third-order valence-electron chi connectivity index (χ3n) is 5.66. The summed E-state index contributed by atoms with van der Waals surface area (Å²) in [6.45, 7) is 0. The number of guanidine groups is 1. The molecule has 0 spiro atoms. The predicted molar refractivity (Wildman–Crippen MR) is 150 cm³/mol. The van der Waals surface area contributed by atoms with Crippen molar-refractivity contribution >= 4 is 23.4 Å². The second kappa shape index (κ2) is 11.9. The van der Waals surface area contributed by atoms with Crippen LogP contribution in [0.1, 0.15) is 28.0 Å². The fourth-order valence-corrected chi connectivity index (χ4v) is 4.96. The molecule has 0 amide bonds. The lowest BCUT2D eigenvalue weighted by Gasteiger charge is -2.23. The second-order valence-corrected chi connectivity index (χ2v) is 9.37. The van der Waals surface area contributed by atoms with Crippen molar-refractivity contribution < 1.29 is 0 Å². The van der Waals surface area contributed by atoms with Crippen molar-refractivity contribution in [1.29, 1.82) is 0 Å². The monoisotopic (exact) mass is 489 g/mol. The van der Waals surface area contributed by atoms with Crippen LogP contribution >= 0.6 is 11.8 Å². The van der Waals surface area contributed by atoms with Crippen LogP contribution in [-0.4, -0.2) is 11.7 Å². The summed E-state index contributed by atoms with van der Waals surface area (Å²) in [5.41, 5.74) is 13.6. The van der Waals surface area contributed by atoms with Crippen LogP contribution in [0.4, 0.5) is 0 Å². The Labute approximate surface area is 216 Å². The summed E-state index contributed by atoms with van der Waals surface area (Å²) in [6, 6.07) is 41.0. The highest BCUT2D eigenvalue weighted by atomic mass is 32.2. The molecule has 0 aromatic heterocycles. The van der Waals surface area contributed by atoms with E-state index in [4.69, 9.17) is 4.99 Å². The topological polar surface area (TPSA) is 60.8 Å². The molecule has 36 heavy (non-hydrogen) atoms. The molecule has 0 aliphatic carbocycles. The number of nitrogens with zero attached hydrogens (tertiary/aromatic N) is 2. The molecule has 4 aromatic carbocycles. The molecule has 5 rings (SSSR count). The molecule has 5 nitrogen and oxygen atoms in total. The van der Waals surface area contributed by atoms with Gasteiger partial charge in [0.25, 0.3) is 0 Å². The fourth-order valence-electron chi connectivity index (χ4n) is 3.91. The third-order valence-corrected chi connectivity index (χ3v) is 6.89. The van der Waals surface area contributed by atoms with Crippen LogP contribution in [-0.2, 0) is 0 Å². The molecule has 3 N–H and O–H groups in total. The first kappa shape index (κ1) is 23.5. The van der Waals surface area contributed by atoms with Gasteiger partial charge in [0.15, 0.2) is 0 Å². The average Bonchev–Trinajstić information content (AvgIpc) is 2.96. The van der Waals surface area contributed by atoms with Gasteiger partial charge in [0, 0.05) is 16.7 Å². The van der Waals surface area contributed by atoms with Crippen molar-refractivity contribution in [2.45, 2.75) is 16.2 Å². The number of rotatable bonds is 8. The van der Waals surface area contributed by atoms with Crippen molar-refractivity contribution in [1.82, 2.24) is 16.3 Å². The Kier molecular flexibility index (Phi) is 7.76. The molecule has 0 bridgehead atoms. The largest absolute Gasteiger partial charge is 0.306 e. The van der Waals surface area contributed by atoms with E-state index >= 15 is 0 Å². The molecule has 0 fully saturated rings. The Hall–Kier alpha value is -4.29. The van der Waals surface area contributed by atoms with Crippen molar-refractivity contribution in [3.8, 4) is 0 Å². The molecular weight excluding hydrogens is 462 g/mol. The van der Waals surface area contributed by atoms with Gasteiger partial charge in [0.2, 0.25) is 5.96 Å². The maximum absolute atomic E-state index is 4.91. The molecular formula is C30H27N5S. The van der Waals surface area contributed by atoms with Gasteiger partial charge in [-0.3, -0.25) is 5.43 Å². The van der Waals surface area contributed by atoms with E-state index in [9.17, 15) is 0 Å². The van der Waals surface area contributed by atoms with Crippen LogP contribution in [0, 0.1) is 0 Å². The zero-order valence-corrected chi connectivity index (χ0v) is 20.5. The molecule has 4 aromatic rings. The van der Waals surface area contributed by atoms with E-state index in [2.05, 4.69) is 100 Å². The van der Waals surface area contributed by atoms with Crippen molar-refractivity contribution in [3.63, 3.8) is 0 Å². The Morgan fingerprint density at radius 3 is 2.06 bits per heavy atom. The maximum atomic E-state index is 4.91. The van der Waals surface area contributed by atoms with Crippen molar-refractivity contribution in [3.05, 3.63) is 150 Å². The number of thioether (sulfide) groups is 1. The number of nitrogens with one attached hydrogen (secondary N) is 3. The SMILES string of the molecule is C(=C\[C@H](Sc1ccccc1)c1ccccc1)/NNC1=N[C@@H](c2ccccc2)C(c2ccccc2)=NN1. The van der Waals surface area contributed by atoms with E-state index in [1.807, 2.05) is 54.7 Å². The van der Waals surface area contributed by atoms with E-state index < -0.39 is 0 Å². The number of hydrazone groups is 1. The lowest BCUT2D eigenvalue weighted by atomic mass is 9.97. The standard InChI is InChI=1S/C30H27N5S/c1-5-13-23(14-6-1)27(36-26-19-11-4-12-20-26)21-22-31-34-30-32-28(24-15-7-2-8-16-24)29(33-35-30)25-17-9-3-10-18-25/h1-22,27-28,31H,(H2,32,34,35)/b22-21+/t27-,28-/m0/s1. The summed E-state index contributed by atoms with van der Waals surface area (Å²) >= 11 is 1.80. The molecule has 178 valence electrons. The second-order valence-electron chi connectivity index (χ2n) is 8.16. The minimum atomic E-state index is -0.214. The molecule has 1 heterocycles. The summed E-state index contributed by atoms with van der Waals surface area (Å²) in [5.74, 6) is 0.556. The van der Waals surface area contributed by atoms with Gasteiger partial charge >= 0.3 is 0 Å². The molecule has 0 saturated heterocycles. The Morgan fingerprint density at radius 2 is 1.36 bits per heavy atom. The molecule has 1 aliphatic heterocycles. The number of benzene rings is 4. The van der Waals surface area contributed by atoms with E-state index in [0.717, 1.165) is 16.8 Å². The zero-order valence-electron chi connectivity index (χ0n) is 19.7. The summed E-state index contributed by atoms with van der Waals surface area (Å²) in [5, 5.41) is 4.82. The Morgan fingerprint density at radius 1 is 0.750 bits per heavy atom. The molecule has 0 unspecified atom stereocenters. The minimum absolute atomic E-state index is 0.156. The van der Waals surface area contributed by atoms with Crippen LogP contribution in [0.15, 0.2) is 149 Å². The first-order valence-corrected chi connectivity index (χ1v) is 12.7. The maximum Gasteiger partial charge on any atom is 0.232 e. The minimum Gasteiger partial charge on any atom is -0.306 e. The van der Waals surface area contributed by atoms with Gasteiger partial charge in [-0.2, -0.15) is 5.10 Å². The van der Waals surface area contributed by atoms with Crippen LogP contribution < -0.4 is 16.3 Å². The lowest BCUT2D eigenvalue weighted by molar-refractivity contribution is 0.735. The Bertz CT molecular complexity index is 1320. The third kappa shape index (κ3) is 6.03. The summed E-state index contributed by atoms with van der Waals surface area (Å²) in [7, 11) is 0. The van der Waals surface area contributed by atoms with Gasteiger partial charge in [0.1, 0.15) is 6.04 Å². The molecule has 6 heteroatoms. The van der Waals surface area contributed by atoms with Crippen LogP contribution in [0.3, 0.4) is 0 Å². The number of aliphatic imine (C=N–C) groups is 1. The predicted octanol–water partition coefficient (Wildman–Crippen LogP) is 6.23. The highest BCUT2D eigenvalue weighted by molar-refractivity contribution is 7.99. The van der Waals surface area contributed by atoms with Gasteiger partial charge < -0.3 is 5.43 Å². The smallest absolute Gasteiger partial charge is 0.232 e. The zero-order chi connectivity index (χ0) is 24.4. The Balaban J connectivity index is 1.29. The quantitative estimate of drug-likeness (QED) is 0.203. The number of hydrogen-bond acceptors (Lipinski definition) is 6. The molecule has 0 saturated carbocycles. The first-order chi connectivity index (χ1) is 17.9. The van der Waals surface area contributed by atoms with Gasteiger partial charge in [-0.05, 0) is 29.3 Å². The van der Waals surface area contributed by atoms with Crippen LogP contribution in [0.5, 0.6) is 0 Å². The van der Waals surface area contributed by atoms with Gasteiger partial charge in [0.05, 0.1) is 11.0 Å². The fraction of sp³-hybridized carbons (Fsp3) is 0.0667. The van der Waals surface area contributed by atoms with E-state index in [-0.39, 0.29) is 11.3 Å². The van der Waals surface area contributed by atoms with E-state index in [1.54, 1.807) is 11.8 Å². The molecule has 2 atom stereocenters. The van der Waals surface area contributed by atoms with Gasteiger partial charge in [-0.1, -0.05) is 109 Å². The average molecular weight is 490 g/mol. The van der Waals surface area contributed by atoms with Crippen LogP contribution in [0.25, 0.3) is 0 Å². The van der Waals surface area contributed by atoms with Gasteiger partial charge in [-0.25, -0.2) is 10.4 Å².